The molecule has 0 saturated heterocycles. The molecule has 5 N–H and O–H groups in total. The molecule has 0 aliphatic carbocycles. The van der Waals surface area contributed by atoms with E-state index in [0.29, 0.717) is 11.0 Å². The zero-order chi connectivity index (χ0) is 29.4. The molecule has 2 unspecified atom stereocenters. The minimum atomic E-state index is -1.35. The lowest BCUT2D eigenvalue weighted by Crippen LogP contribution is -2.55. The molecule has 2 heterocycles. The monoisotopic (exact) mass is 556 g/mol. The molecule has 4 aromatic rings. The number of benzene rings is 2. The predicted octanol–water partition coefficient (Wildman–Crippen LogP) is 2.01. The Morgan fingerprint density at radius 1 is 0.878 bits per heavy atom. The van der Waals surface area contributed by atoms with E-state index in [1.165, 1.54) is 12.3 Å². The molecule has 0 aliphatic rings. The van der Waals surface area contributed by atoms with Gasteiger partial charge in [0.05, 0.1) is 11.0 Å². The molecule has 0 aliphatic heterocycles. The fraction of sp³-hybridized carbons (Fsp3) is 0.267. The van der Waals surface area contributed by atoms with Gasteiger partial charge in [0.2, 0.25) is 11.7 Å². The summed E-state index contributed by atoms with van der Waals surface area (Å²) in [7, 11) is 0. The summed E-state index contributed by atoms with van der Waals surface area (Å²) in [6.07, 6.45) is 1.48. The first-order valence-corrected chi connectivity index (χ1v) is 13.3. The molecule has 2 aromatic heterocycles. The fourth-order valence-electron chi connectivity index (χ4n) is 4.33. The van der Waals surface area contributed by atoms with Gasteiger partial charge in [-0.2, -0.15) is 0 Å². The summed E-state index contributed by atoms with van der Waals surface area (Å²) in [6, 6.07) is 16.9. The topological polar surface area (TPSA) is 166 Å². The van der Waals surface area contributed by atoms with Crippen LogP contribution >= 0.6 is 0 Å². The molecule has 2 atom stereocenters. The number of para-hydroxylation sites is 2. The van der Waals surface area contributed by atoms with Crippen LogP contribution in [0.4, 0.5) is 0 Å². The number of ketones is 1. The van der Waals surface area contributed by atoms with E-state index < -0.39 is 41.1 Å². The van der Waals surface area contributed by atoms with Crippen LogP contribution in [0.15, 0.2) is 77.7 Å². The number of fused-ring (bicyclic) bond motifs is 1. The summed E-state index contributed by atoms with van der Waals surface area (Å²) < 4.78 is 0. The Bertz CT molecular complexity index is 1560. The Morgan fingerprint density at radius 2 is 1.61 bits per heavy atom. The standard InChI is InChI=1S/C30H32N6O5/c1-18(2)15-24(36-30(41)26-33-21-12-6-7-13-22(21)34-26)28(39)35-23(16-20-11-8-14-31-27(20)38)25(37)29(40)32-17-19-9-4-3-5-10-19/h3-14,18,23-24H,15-17H2,1-2H3,(H,31,38)(H,32,40)(H,33,34)(H,35,39)(H,36,41). The molecule has 11 nitrogen and oxygen atoms in total. The van der Waals surface area contributed by atoms with E-state index in [9.17, 15) is 24.0 Å². The average molecular weight is 557 g/mol. The highest BCUT2D eigenvalue weighted by Crippen LogP contribution is 2.12. The van der Waals surface area contributed by atoms with Gasteiger partial charge in [0.1, 0.15) is 12.1 Å². The van der Waals surface area contributed by atoms with Crippen LogP contribution in [0.25, 0.3) is 11.0 Å². The van der Waals surface area contributed by atoms with Crippen molar-refractivity contribution in [3.63, 3.8) is 0 Å². The van der Waals surface area contributed by atoms with Gasteiger partial charge in [-0.1, -0.05) is 62.4 Å². The number of rotatable bonds is 12. The van der Waals surface area contributed by atoms with Crippen molar-refractivity contribution in [2.75, 3.05) is 0 Å². The summed E-state index contributed by atoms with van der Waals surface area (Å²) in [5.41, 5.74) is 1.83. The van der Waals surface area contributed by atoms with Crippen LogP contribution in [-0.4, -0.2) is 50.5 Å². The van der Waals surface area contributed by atoms with E-state index >= 15 is 0 Å². The van der Waals surface area contributed by atoms with Gasteiger partial charge in [0.25, 0.3) is 17.4 Å². The van der Waals surface area contributed by atoms with Crippen molar-refractivity contribution in [2.24, 2.45) is 5.92 Å². The molecule has 0 fully saturated rings. The Kier molecular flexibility index (Phi) is 9.41. The number of aromatic amines is 2. The van der Waals surface area contributed by atoms with Crippen molar-refractivity contribution in [1.82, 2.24) is 30.9 Å². The van der Waals surface area contributed by atoms with Gasteiger partial charge in [0, 0.05) is 24.7 Å². The van der Waals surface area contributed by atoms with Crippen molar-refractivity contribution in [3.8, 4) is 0 Å². The largest absolute Gasteiger partial charge is 0.345 e. The van der Waals surface area contributed by atoms with Crippen molar-refractivity contribution in [2.45, 2.75) is 45.3 Å². The van der Waals surface area contributed by atoms with Gasteiger partial charge in [-0.05, 0) is 36.1 Å². The van der Waals surface area contributed by atoms with Crippen molar-refractivity contribution in [1.29, 1.82) is 0 Å². The van der Waals surface area contributed by atoms with Crippen LogP contribution in [0.1, 0.15) is 42.0 Å². The Balaban J connectivity index is 1.52. The summed E-state index contributed by atoms with van der Waals surface area (Å²) in [5.74, 6) is -3.03. The van der Waals surface area contributed by atoms with Crippen molar-refractivity contribution >= 4 is 34.5 Å². The fourth-order valence-corrected chi connectivity index (χ4v) is 4.33. The van der Waals surface area contributed by atoms with Gasteiger partial charge in [0.15, 0.2) is 5.82 Å². The molecular formula is C30H32N6O5. The van der Waals surface area contributed by atoms with Gasteiger partial charge >= 0.3 is 0 Å². The van der Waals surface area contributed by atoms with E-state index in [4.69, 9.17) is 0 Å². The lowest BCUT2D eigenvalue weighted by Gasteiger charge is -2.23. The van der Waals surface area contributed by atoms with Crippen LogP contribution in [0.5, 0.6) is 0 Å². The Labute approximate surface area is 236 Å². The number of hydrogen-bond acceptors (Lipinski definition) is 6. The number of pyridine rings is 1. The highest BCUT2D eigenvalue weighted by Gasteiger charge is 2.31. The maximum Gasteiger partial charge on any atom is 0.289 e. The molecular weight excluding hydrogens is 524 g/mol. The van der Waals surface area contributed by atoms with Crippen molar-refractivity contribution < 1.29 is 19.2 Å². The Hall–Kier alpha value is -5.06. The van der Waals surface area contributed by atoms with Gasteiger partial charge < -0.3 is 25.9 Å². The third-order valence-electron chi connectivity index (χ3n) is 6.41. The molecule has 11 heteroatoms. The van der Waals surface area contributed by atoms with E-state index in [0.717, 1.165) is 5.56 Å². The number of nitrogens with one attached hydrogen (secondary N) is 5. The highest BCUT2D eigenvalue weighted by atomic mass is 16.2. The summed E-state index contributed by atoms with van der Waals surface area (Å²) >= 11 is 0. The highest BCUT2D eigenvalue weighted by molar-refractivity contribution is 6.38. The quantitative estimate of drug-likeness (QED) is 0.167. The van der Waals surface area contributed by atoms with Crippen LogP contribution in [0, 0.1) is 5.92 Å². The van der Waals surface area contributed by atoms with Crippen LogP contribution < -0.4 is 21.5 Å². The minimum Gasteiger partial charge on any atom is -0.345 e. The van der Waals surface area contributed by atoms with Crippen LogP contribution in [0.3, 0.4) is 0 Å². The molecule has 0 radical (unpaired) electrons. The van der Waals surface area contributed by atoms with Gasteiger partial charge in [-0.15, -0.1) is 0 Å². The number of hydrogen-bond donors (Lipinski definition) is 5. The predicted molar refractivity (Wildman–Crippen MR) is 153 cm³/mol. The number of carbonyl (C=O) groups is 4. The second-order valence-corrected chi connectivity index (χ2v) is 10.1. The van der Waals surface area contributed by atoms with Crippen LogP contribution in [-0.2, 0) is 27.3 Å². The molecule has 0 bridgehead atoms. The number of amides is 3. The number of carbonyl (C=O) groups excluding carboxylic acids is 4. The molecule has 4 rings (SSSR count). The molecule has 212 valence electrons. The molecule has 0 saturated carbocycles. The summed E-state index contributed by atoms with van der Waals surface area (Å²) in [4.78, 5) is 74.7. The zero-order valence-corrected chi connectivity index (χ0v) is 22.8. The SMILES string of the molecule is CC(C)CC(NC(=O)c1nc2ccccc2[nH]1)C(=O)NC(Cc1ccc[nH]c1=O)C(=O)C(=O)NCc1ccccc1. The second-order valence-electron chi connectivity index (χ2n) is 10.1. The smallest absolute Gasteiger partial charge is 0.289 e. The van der Waals surface area contributed by atoms with E-state index in [2.05, 4.69) is 30.9 Å². The maximum atomic E-state index is 13.5. The second kappa shape index (κ2) is 13.3. The van der Waals surface area contributed by atoms with E-state index in [-0.39, 0.29) is 36.7 Å². The van der Waals surface area contributed by atoms with E-state index in [1.807, 2.05) is 38.1 Å². The third kappa shape index (κ3) is 7.75. The maximum absolute atomic E-state index is 13.5. The molecule has 41 heavy (non-hydrogen) atoms. The number of H-pyrrole nitrogens is 2. The van der Waals surface area contributed by atoms with Gasteiger partial charge in [-0.3, -0.25) is 24.0 Å². The Morgan fingerprint density at radius 3 is 2.32 bits per heavy atom. The third-order valence-corrected chi connectivity index (χ3v) is 6.41. The van der Waals surface area contributed by atoms with Crippen LogP contribution in [0.2, 0.25) is 0 Å². The average Bonchev–Trinajstić information content (AvgIpc) is 3.41. The van der Waals surface area contributed by atoms with Gasteiger partial charge in [-0.25, -0.2) is 4.98 Å². The first kappa shape index (κ1) is 28.9. The summed E-state index contributed by atoms with van der Waals surface area (Å²) in [6.45, 7) is 3.88. The minimum absolute atomic E-state index is 0.00186. The number of imidazole rings is 1. The molecule has 3 amide bonds. The first-order chi connectivity index (χ1) is 19.7. The zero-order valence-electron chi connectivity index (χ0n) is 22.8. The number of nitrogens with zero attached hydrogens (tertiary/aromatic N) is 1. The van der Waals surface area contributed by atoms with E-state index in [1.54, 1.807) is 36.4 Å². The van der Waals surface area contributed by atoms with Crippen molar-refractivity contribution in [3.05, 3.63) is 100 Å². The normalized spacial score (nSPS) is 12.5. The lowest BCUT2D eigenvalue weighted by molar-refractivity contribution is -0.140. The number of Topliss-reactive ketones (excluding diaryl/α,β-unsaturated/α-hetero) is 1. The molecule has 0 spiro atoms. The lowest BCUT2D eigenvalue weighted by atomic mass is 9.99. The number of aromatic nitrogens is 3. The molecule has 2 aromatic carbocycles. The summed E-state index contributed by atoms with van der Waals surface area (Å²) in [5, 5.41) is 7.88. The first-order valence-electron chi connectivity index (χ1n) is 13.3.